The zero-order chi connectivity index (χ0) is 12.0. The van der Waals surface area contributed by atoms with Gasteiger partial charge in [-0.05, 0) is 29.7 Å². The Morgan fingerprint density at radius 2 is 2.19 bits per heavy atom. The smallest absolute Gasteiger partial charge is 0.307 e. The van der Waals surface area contributed by atoms with E-state index in [2.05, 4.69) is 0 Å². The van der Waals surface area contributed by atoms with Crippen molar-refractivity contribution in [1.29, 1.82) is 0 Å². The Morgan fingerprint density at radius 1 is 1.44 bits per heavy atom. The van der Waals surface area contributed by atoms with E-state index in [1.54, 1.807) is 12.1 Å². The Bertz CT molecular complexity index is 399. The highest BCUT2D eigenvalue weighted by Crippen LogP contribution is 2.19. The first-order valence-corrected chi connectivity index (χ1v) is 5.29. The van der Waals surface area contributed by atoms with Gasteiger partial charge in [0.15, 0.2) is 0 Å². The Labute approximate surface area is 99.0 Å². The predicted molar refractivity (Wildman–Crippen MR) is 63.5 cm³/mol. The lowest BCUT2D eigenvalue weighted by Crippen LogP contribution is -2.00. The van der Waals surface area contributed by atoms with Crippen molar-refractivity contribution in [1.82, 2.24) is 0 Å². The van der Waals surface area contributed by atoms with Crippen LogP contribution in [0.1, 0.15) is 17.5 Å². The minimum Gasteiger partial charge on any atom is -0.481 e. The molecular weight excluding hydrogens is 228 g/mol. The minimum absolute atomic E-state index is 0.0828. The second-order valence-corrected chi connectivity index (χ2v) is 3.74. The van der Waals surface area contributed by atoms with E-state index in [0.29, 0.717) is 17.0 Å². The monoisotopic (exact) mass is 240 g/mol. The number of aliphatic carboxylic acids is 1. The normalized spacial score (nSPS) is 10.9. The first-order valence-electron chi connectivity index (χ1n) is 4.91. The van der Waals surface area contributed by atoms with Crippen LogP contribution in [0.2, 0.25) is 5.02 Å². The zero-order valence-corrected chi connectivity index (χ0v) is 9.44. The van der Waals surface area contributed by atoms with Crippen LogP contribution in [0.5, 0.6) is 0 Å². The van der Waals surface area contributed by atoms with Crippen molar-refractivity contribution in [2.45, 2.75) is 12.8 Å². The summed E-state index contributed by atoms with van der Waals surface area (Å²) in [6.07, 6.45) is 4.16. The molecule has 0 unspecified atom stereocenters. The van der Waals surface area contributed by atoms with Gasteiger partial charge in [0.1, 0.15) is 0 Å². The molecule has 86 valence electrons. The van der Waals surface area contributed by atoms with Crippen LogP contribution in [-0.4, -0.2) is 22.8 Å². The summed E-state index contributed by atoms with van der Waals surface area (Å²) in [5.41, 5.74) is 1.48. The molecule has 0 heterocycles. The van der Waals surface area contributed by atoms with Crippen LogP contribution in [0.3, 0.4) is 0 Å². The molecule has 1 aromatic carbocycles. The third kappa shape index (κ3) is 4.04. The fourth-order valence-electron chi connectivity index (χ4n) is 1.29. The summed E-state index contributed by atoms with van der Waals surface area (Å²) in [6, 6.07) is 5.23. The molecule has 4 heteroatoms. The topological polar surface area (TPSA) is 57.5 Å². The Balaban J connectivity index is 2.84. The number of hydrogen-bond donors (Lipinski definition) is 2. The summed E-state index contributed by atoms with van der Waals surface area (Å²) in [4.78, 5) is 10.6. The van der Waals surface area contributed by atoms with E-state index in [0.717, 1.165) is 5.56 Å². The lowest BCUT2D eigenvalue weighted by atomic mass is 10.1. The van der Waals surface area contributed by atoms with E-state index >= 15 is 0 Å². The van der Waals surface area contributed by atoms with Gasteiger partial charge >= 0.3 is 5.97 Å². The van der Waals surface area contributed by atoms with Gasteiger partial charge in [-0.3, -0.25) is 4.79 Å². The first-order chi connectivity index (χ1) is 7.63. The summed E-state index contributed by atoms with van der Waals surface area (Å²) in [7, 11) is 0. The maximum Gasteiger partial charge on any atom is 0.307 e. The molecule has 3 nitrogen and oxygen atoms in total. The van der Waals surface area contributed by atoms with Crippen molar-refractivity contribution in [3.05, 3.63) is 40.4 Å². The molecule has 0 saturated heterocycles. The second kappa shape index (κ2) is 6.30. The van der Waals surface area contributed by atoms with Crippen LogP contribution in [0.15, 0.2) is 24.3 Å². The average molecular weight is 241 g/mol. The van der Waals surface area contributed by atoms with Gasteiger partial charge in [-0.2, -0.15) is 0 Å². The predicted octanol–water partition coefficient (Wildman–Crippen LogP) is 2.36. The van der Waals surface area contributed by atoms with Gasteiger partial charge in [-0.25, -0.2) is 0 Å². The number of aliphatic hydroxyl groups is 1. The van der Waals surface area contributed by atoms with Crippen molar-refractivity contribution in [2.24, 2.45) is 0 Å². The second-order valence-electron chi connectivity index (χ2n) is 3.34. The van der Waals surface area contributed by atoms with Crippen LogP contribution in [-0.2, 0) is 11.2 Å². The van der Waals surface area contributed by atoms with Crippen LogP contribution in [0, 0.1) is 0 Å². The summed E-state index contributed by atoms with van der Waals surface area (Å²) in [5.74, 6) is -0.904. The fraction of sp³-hybridized carbons (Fsp3) is 0.250. The summed E-state index contributed by atoms with van der Waals surface area (Å²) in [6.45, 7) is 0.103. The van der Waals surface area contributed by atoms with E-state index in [1.165, 1.54) is 0 Å². The fourth-order valence-corrected chi connectivity index (χ4v) is 1.48. The Hall–Kier alpha value is -1.32. The molecular formula is C12H13ClO3. The molecule has 0 atom stereocenters. The molecule has 0 aliphatic heterocycles. The summed E-state index contributed by atoms with van der Waals surface area (Å²) in [5, 5.41) is 17.8. The molecule has 1 aromatic rings. The van der Waals surface area contributed by atoms with Crippen molar-refractivity contribution >= 4 is 23.6 Å². The highest BCUT2D eigenvalue weighted by molar-refractivity contribution is 6.31. The van der Waals surface area contributed by atoms with E-state index in [1.807, 2.05) is 18.2 Å². The van der Waals surface area contributed by atoms with Gasteiger partial charge in [-0.15, -0.1) is 0 Å². The largest absolute Gasteiger partial charge is 0.481 e. The van der Waals surface area contributed by atoms with Gasteiger partial charge in [0.2, 0.25) is 0 Å². The van der Waals surface area contributed by atoms with Crippen LogP contribution in [0.4, 0.5) is 0 Å². The van der Waals surface area contributed by atoms with Gasteiger partial charge in [0.25, 0.3) is 0 Å². The van der Waals surface area contributed by atoms with Crippen LogP contribution in [0.25, 0.3) is 6.08 Å². The first kappa shape index (κ1) is 12.7. The molecule has 1 rings (SSSR count). The van der Waals surface area contributed by atoms with E-state index in [-0.39, 0.29) is 13.0 Å². The molecule has 0 aliphatic carbocycles. The number of carboxylic acid groups (broad SMARTS) is 1. The molecule has 0 amide bonds. The maximum atomic E-state index is 10.6. The molecule has 0 fully saturated rings. The average Bonchev–Trinajstić information content (AvgIpc) is 2.22. The molecule has 0 spiro atoms. The minimum atomic E-state index is -0.904. The molecule has 0 aromatic heterocycles. The number of rotatable bonds is 5. The molecule has 0 aliphatic rings. The van der Waals surface area contributed by atoms with E-state index in [9.17, 15) is 4.79 Å². The van der Waals surface area contributed by atoms with Crippen LogP contribution >= 0.6 is 11.6 Å². The Kier molecular flexibility index (Phi) is 5.02. The molecule has 0 saturated carbocycles. The zero-order valence-electron chi connectivity index (χ0n) is 8.69. The highest BCUT2D eigenvalue weighted by Gasteiger charge is 2.05. The van der Waals surface area contributed by atoms with Crippen molar-refractivity contribution in [3.63, 3.8) is 0 Å². The van der Waals surface area contributed by atoms with Crippen LogP contribution < -0.4 is 0 Å². The van der Waals surface area contributed by atoms with E-state index in [4.69, 9.17) is 21.8 Å². The lowest BCUT2D eigenvalue weighted by Gasteiger charge is -2.02. The van der Waals surface area contributed by atoms with E-state index < -0.39 is 5.97 Å². The summed E-state index contributed by atoms with van der Waals surface area (Å²) >= 11 is 5.87. The number of halogens is 1. The van der Waals surface area contributed by atoms with Gasteiger partial charge < -0.3 is 10.2 Å². The lowest BCUT2D eigenvalue weighted by molar-refractivity contribution is -0.136. The molecule has 16 heavy (non-hydrogen) atoms. The Morgan fingerprint density at radius 3 is 2.81 bits per heavy atom. The molecule has 2 N–H and O–H groups in total. The highest BCUT2D eigenvalue weighted by atomic mass is 35.5. The van der Waals surface area contributed by atoms with Crippen molar-refractivity contribution < 1.29 is 15.0 Å². The number of aliphatic hydroxyl groups excluding tert-OH is 1. The number of carbonyl (C=O) groups is 1. The van der Waals surface area contributed by atoms with Gasteiger partial charge in [-0.1, -0.05) is 29.8 Å². The van der Waals surface area contributed by atoms with Crippen molar-refractivity contribution in [3.8, 4) is 0 Å². The van der Waals surface area contributed by atoms with Crippen molar-refractivity contribution in [2.75, 3.05) is 6.61 Å². The SMILES string of the molecule is O=C(O)Cc1cc(C=CCCO)ccc1Cl. The quantitative estimate of drug-likeness (QED) is 0.831. The third-order valence-electron chi connectivity index (χ3n) is 2.02. The number of hydrogen-bond acceptors (Lipinski definition) is 2. The summed E-state index contributed by atoms with van der Waals surface area (Å²) < 4.78 is 0. The molecule has 0 radical (unpaired) electrons. The maximum absolute atomic E-state index is 10.6. The molecule has 0 bridgehead atoms. The number of carboxylic acids is 1. The van der Waals surface area contributed by atoms with Gasteiger partial charge in [0.05, 0.1) is 6.42 Å². The standard InChI is InChI=1S/C12H13ClO3/c13-11-5-4-9(3-1-2-6-14)7-10(11)8-12(15)16/h1,3-5,7,14H,2,6,8H2,(H,15,16). The third-order valence-corrected chi connectivity index (χ3v) is 2.39. The number of benzene rings is 1. The van der Waals surface area contributed by atoms with Gasteiger partial charge in [0, 0.05) is 11.6 Å².